The van der Waals surface area contributed by atoms with Gasteiger partial charge in [0.15, 0.2) is 0 Å². The number of nitrogens with zero attached hydrogens (tertiary/aromatic N) is 1. The smallest absolute Gasteiger partial charge is 0.361 e. The monoisotopic (exact) mass is 297 g/mol. The van der Waals surface area contributed by atoms with E-state index in [4.69, 9.17) is 4.42 Å². The molecule has 0 aliphatic carbocycles. The average molecular weight is 297 g/mol. The number of hydrazine groups is 1. The molecule has 0 saturated heterocycles. The van der Waals surface area contributed by atoms with E-state index in [1.165, 1.54) is 24.3 Å². The number of non-ortho nitro benzene ring substituents is 1. The molecule has 0 aliphatic heterocycles. The molecule has 7 nitrogen and oxygen atoms in total. The highest BCUT2D eigenvalue weighted by molar-refractivity contribution is 5.79. The summed E-state index contributed by atoms with van der Waals surface area (Å²) in [6, 6.07) is 14.6. The molecule has 0 atom stereocenters. The van der Waals surface area contributed by atoms with E-state index in [-0.39, 0.29) is 11.4 Å². The lowest BCUT2D eigenvalue weighted by Crippen LogP contribution is -2.15. The molecule has 0 bridgehead atoms. The molecule has 0 spiro atoms. The normalized spacial score (nSPS) is 10.4. The Labute approximate surface area is 124 Å². The molecule has 2 aromatic carbocycles. The Hall–Kier alpha value is -3.35. The van der Waals surface area contributed by atoms with E-state index in [0.29, 0.717) is 11.3 Å². The van der Waals surface area contributed by atoms with Gasteiger partial charge in [0.2, 0.25) is 0 Å². The van der Waals surface area contributed by atoms with Crippen molar-refractivity contribution in [1.82, 2.24) is 0 Å². The Morgan fingerprint density at radius 2 is 1.73 bits per heavy atom. The summed E-state index contributed by atoms with van der Waals surface area (Å²) in [5.74, 6) is 0. The predicted molar refractivity (Wildman–Crippen MR) is 82.8 cm³/mol. The van der Waals surface area contributed by atoms with Gasteiger partial charge in [-0.15, -0.1) is 0 Å². The zero-order valence-corrected chi connectivity index (χ0v) is 11.3. The second kappa shape index (κ2) is 5.57. The number of nitro groups is 1. The first-order chi connectivity index (χ1) is 10.6. The summed E-state index contributed by atoms with van der Waals surface area (Å²) in [4.78, 5) is 21.9. The van der Waals surface area contributed by atoms with Crippen LogP contribution in [-0.2, 0) is 0 Å². The van der Waals surface area contributed by atoms with Gasteiger partial charge in [-0.3, -0.25) is 15.5 Å². The minimum Gasteiger partial charge on any atom is -0.421 e. The van der Waals surface area contributed by atoms with Crippen LogP contribution in [0.2, 0.25) is 0 Å². The molecule has 0 fully saturated rings. The van der Waals surface area contributed by atoms with Crippen LogP contribution in [0.5, 0.6) is 0 Å². The van der Waals surface area contributed by atoms with E-state index in [1.807, 2.05) is 12.1 Å². The van der Waals surface area contributed by atoms with Gasteiger partial charge in [0.05, 0.1) is 10.6 Å². The van der Waals surface area contributed by atoms with Crippen molar-refractivity contribution < 1.29 is 9.34 Å². The maximum absolute atomic E-state index is 11.8. The van der Waals surface area contributed by atoms with E-state index in [9.17, 15) is 14.9 Å². The molecule has 7 heteroatoms. The molecular formula is C15H11N3O4. The van der Waals surface area contributed by atoms with E-state index >= 15 is 0 Å². The van der Waals surface area contributed by atoms with Crippen molar-refractivity contribution in [3.05, 3.63) is 75.1 Å². The predicted octanol–water partition coefficient (Wildman–Crippen LogP) is 3.14. The largest absolute Gasteiger partial charge is 0.421 e. The van der Waals surface area contributed by atoms with Crippen LogP contribution < -0.4 is 16.5 Å². The van der Waals surface area contributed by atoms with E-state index < -0.39 is 10.5 Å². The van der Waals surface area contributed by atoms with Gasteiger partial charge in [-0.05, 0) is 24.3 Å². The van der Waals surface area contributed by atoms with Crippen LogP contribution in [0, 0.1) is 10.1 Å². The average Bonchev–Trinajstić information content (AvgIpc) is 2.53. The third-order valence-electron chi connectivity index (χ3n) is 3.06. The highest BCUT2D eigenvalue weighted by Gasteiger charge is 2.06. The lowest BCUT2D eigenvalue weighted by atomic mass is 10.2. The van der Waals surface area contributed by atoms with Crippen molar-refractivity contribution in [3.8, 4) is 0 Å². The van der Waals surface area contributed by atoms with Crippen LogP contribution in [0.15, 0.2) is 63.8 Å². The van der Waals surface area contributed by atoms with Gasteiger partial charge in [0.1, 0.15) is 11.3 Å². The van der Waals surface area contributed by atoms with Gasteiger partial charge >= 0.3 is 5.63 Å². The van der Waals surface area contributed by atoms with Crippen LogP contribution in [0.3, 0.4) is 0 Å². The number of hydrogen-bond donors (Lipinski definition) is 2. The lowest BCUT2D eigenvalue weighted by molar-refractivity contribution is -0.384. The molecule has 0 radical (unpaired) electrons. The zero-order chi connectivity index (χ0) is 15.5. The summed E-state index contributed by atoms with van der Waals surface area (Å²) >= 11 is 0. The summed E-state index contributed by atoms with van der Waals surface area (Å²) in [5, 5.41) is 11.4. The van der Waals surface area contributed by atoms with Crippen molar-refractivity contribution in [2.75, 3.05) is 10.9 Å². The number of fused-ring (bicyclic) bond motifs is 1. The molecule has 3 rings (SSSR count). The molecule has 0 saturated carbocycles. The van der Waals surface area contributed by atoms with Gasteiger partial charge < -0.3 is 9.84 Å². The first-order valence-electron chi connectivity index (χ1n) is 6.43. The van der Waals surface area contributed by atoms with Crippen molar-refractivity contribution in [2.45, 2.75) is 0 Å². The summed E-state index contributed by atoms with van der Waals surface area (Å²) in [6.07, 6.45) is 0. The van der Waals surface area contributed by atoms with Gasteiger partial charge in [-0.25, -0.2) is 4.79 Å². The SMILES string of the molecule is O=c1oc2ccccc2cc1NNc1ccc([N+](=O)[O-])cc1. The highest BCUT2D eigenvalue weighted by Crippen LogP contribution is 2.17. The van der Waals surface area contributed by atoms with Crippen molar-refractivity contribution in [3.63, 3.8) is 0 Å². The van der Waals surface area contributed by atoms with Gasteiger partial charge in [0.25, 0.3) is 5.69 Å². The highest BCUT2D eigenvalue weighted by atomic mass is 16.6. The van der Waals surface area contributed by atoms with Gasteiger partial charge in [-0.1, -0.05) is 18.2 Å². The second-order valence-electron chi connectivity index (χ2n) is 4.54. The zero-order valence-electron chi connectivity index (χ0n) is 11.3. The fourth-order valence-corrected chi connectivity index (χ4v) is 1.96. The van der Waals surface area contributed by atoms with Crippen molar-refractivity contribution in [1.29, 1.82) is 0 Å². The minimum atomic E-state index is -0.506. The molecule has 0 aliphatic rings. The van der Waals surface area contributed by atoms with E-state index in [1.54, 1.807) is 18.2 Å². The Balaban J connectivity index is 1.80. The third-order valence-corrected chi connectivity index (χ3v) is 3.06. The molecule has 1 heterocycles. The second-order valence-corrected chi connectivity index (χ2v) is 4.54. The topological polar surface area (TPSA) is 97.4 Å². The van der Waals surface area contributed by atoms with Crippen LogP contribution in [-0.4, -0.2) is 4.92 Å². The lowest BCUT2D eigenvalue weighted by Gasteiger charge is -2.08. The number of nitro benzene ring substituents is 1. The summed E-state index contributed by atoms with van der Waals surface area (Å²) in [6.45, 7) is 0. The molecule has 3 aromatic rings. The van der Waals surface area contributed by atoms with Crippen molar-refractivity contribution >= 4 is 28.0 Å². The standard InChI is InChI=1S/C15H11N3O4/c19-15-13(9-10-3-1-2-4-14(10)22-15)17-16-11-5-7-12(8-6-11)18(20)21/h1-9,16-17H. The van der Waals surface area contributed by atoms with Gasteiger partial charge in [-0.2, -0.15) is 0 Å². The Bertz CT molecular complexity index is 887. The molecule has 2 N–H and O–H groups in total. The molecule has 0 unspecified atom stereocenters. The third kappa shape index (κ3) is 2.73. The summed E-state index contributed by atoms with van der Waals surface area (Å²) in [5.41, 5.74) is 6.37. The first-order valence-corrected chi connectivity index (χ1v) is 6.43. The number of rotatable bonds is 4. The Kier molecular flexibility index (Phi) is 3.45. The molecule has 110 valence electrons. The maximum Gasteiger partial charge on any atom is 0.361 e. The number of para-hydroxylation sites is 1. The minimum absolute atomic E-state index is 0.00392. The summed E-state index contributed by atoms with van der Waals surface area (Å²) in [7, 11) is 0. The first kappa shape index (κ1) is 13.6. The number of hydrogen-bond acceptors (Lipinski definition) is 6. The van der Waals surface area contributed by atoms with Crippen LogP contribution >= 0.6 is 0 Å². The molecule has 1 aromatic heterocycles. The Morgan fingerprint density at radius 3 is 2.45 bits per heavy atom. The van der Waals surface area contributed by atoms with Crippen LogP contribution in [0.25, 0.3) is 11.0 Å². The van der Waals surface area contributed by atoms with Crippen molar-refractivity contribution in [2.24, 2.45) is 0 Å². The van der Waals surface area contributed by atoms with E-state index in [0.717, 1.165) is 5.39 Å². The Morgan fingerprint density at radius 1 is 1.00 bits per heavy atom. The molecule has 0 amide bonds. The number of anilines is 2. The number of benzene rings is 2. The van der Waals surface area contributed by atoms with Crippen LogP contribution in [0.1, 0.15) is 0 Å². The van der Waals surface area contributed by atoms with Gasteiger partial charge in [0, 0.05) is 17.5 Å². The summed E-state index contributed by atoms with van der Waals surface area (Å²) < 4.78 is 5.18. The molecule has 22 heavy (non-hydrogen) atoms. The quantitative estimate of drug-likeness (QED) is 0.436. The maximum atomic E-state index is 11.8. The fraction of sp³-hybridized carbons (Fsp3) is 0. The number of nitrogens with one attached hydrogen (secondary N) is 2. The molecular weight excluding hydrogens is 286 g/mol. The fourth-order valence-electron chi connectivity index (χ4n) is 1.96. The van der Waals surface area contributed by atoms with E-state index in [2.05, 4.69) is 10.9 Å². The van der Waals surface area contributed by atoms with Crippen LogP contribution in [0.4, 0.5) is 17.1 Å².